The van der Waals surface area contributed by atoms with Gasteiger partial charge in [0.2, 0.25) is 11.8 Å². The van der Waals surface area contributed by atoms with Gasteiger partial charge in [-0.15, -0.1) is 0 Å². The van der Waals surface area contributed by atoms with Crippen molar-refractivity contribution in [1.29, 1.82) is 0 Å². The number of hydroxylamine groups is 2. The number of para-hydroxylation sites is 1. The van der Waals surface area contributed by atoms with E-state index < -0.39 is 35.7 Å². The summed E-state index contributed by atoms with van der Waals surface area (Å²) in [6.07, 6.45) is -0.780. The Morgan fingerprint density at radius 2 is 1.55 bits per heavy atom. The van der Waals surface area contributed by atoms with E-state index in [1.54, 1.807) is 24.3 Å². The lowest BCUT2D eigenvalue weighted by Gasteiger charge is -2.44. The summed E-state index contributed by atoms with van der Waals surface area (Å²) >= 11 is 0. The van der Waals surface area contributed by atoms with Gasteiger partial charge in [0.05, 0.1) is 5.69 Å². The molecule has 194 valence electrons. The first-order chi connectivity index (χ1) is 18.4. The number of nitrogens with one attached hydrogen (secondary N) is 2. The summed E-state index contributed by atoms with van der Waals surface area (Å²) in [4.78, 5) is 41.2. The molecule has 4 N–H and O–H groups in total. The molecule has 5 atom stereocenters. The summed E-state index contributed by atoms with van der Waals surface area (Å²) in [6, 6.07) is 23.1. The van der Waals surface area contributed by atoms with E-state index in [1.807, 2.05) is 60.7 Å². The topological polar surface area (TPSA) is 122 Å². The van der Waals surface area contributed by atoms with Crippen molar-refractivity contribution in [3.8, 4) is 0 Å². The van der Waals surface area contributed by atoms with Gasteiger partial charge in [0.25, 0.3) is 5.91 Å². The first kappa shape index (κ1) is 24.3. The summed E-state index contributed by atoms with van der Waals surface area (Å²) in [7, 11) is 0. The van der Waals surface area contributed by atoms with Crippen LogP contribution < -0.4 is 15.5 Å². The molecular weight excluding hydrogens is 484 g/mol. The molecule has 0 bridgehead atoms. The Morgan fingerprint density at radius 3 is 2.29 bits per heavy atom. The number of carbonyl (C=O) groups is 3. The van der Waals surface area contributed by atoms with Crippen LogP contribution in [0.4, 0.5) is 5.69 Å². The van der Waals surface area contributed by atoms with Crippen molar-refractivity contribution >= 4 is 23.4 Å². The summed E-state index contributed by atoms with van der Waals surface area (Å²) in [6.45, 7) is 0. The molecule has 2 fully saturated rings. The molecular formula is C29H28N4O5. The van der Waals surface area contributed by atoms with Crippen LogP contribution in [0.1, 0.15) is 35.6 Å². The number of anilines is 1. The van der Waals surface area contributed by atoms with Crippen LogP contribution in [0, 0.1) is 0 Å². The highest BCUT2D eigenvalue weighted by Gasteiger charge is 2.57. The van der Waals surface area contributed by atoms with E-state index in [0.29, 0.717) is 16.3 Å². The van der Waals surface area contributed by atoms with Crippen molar-refractivity contribution < 1.29 is 24.7 Å². The van der Waals surface area contributed by atoms with E-state index in [0.717, 1.165) is 11.1 Å². The molecule has 38 heavy (non-hydrogen) atoms. The Labute approximate surface area is 219 Å². The number of piperazine rings is 1. The Hall–Kier alpha value is -4.05. The highest BCUT2D eigenvalue weighted by atomic mass is 16.5. The van der Waals surface area contributed by atoms with Crippen LogP contribution >= 0.6 is 0 Å². The average molecular weight is 513 g/mol. The molecule has 9 heteroatoms. The van der Waals surface area contributed by atoms with Gasteiger partial charge in [0, 0.05) is 30.9 Å². The number of nitrogens with zero attached hydrogens (tertiary/aromatic N) is 2. The molecule has 3 aromatic rings. The lowest BCUT2D eigenvalue weighted by Crippen LogP contribution is -2.66. The lowest BCUT2D eigenvalue weighted by molar-refractivity contribution is -0.195. The molecule has 9 nitrogen and oxygen atoms in total. The van der Waals surface area contributed by atoms with E-state index in [9.17, 15) is 24.7 Å². The Bertz CT molecular complexity index is 1380. The standard InChI is InChI=1S/C29H28N4O5/c34-25-16-21(19-11-5-2-6-12-19)31-28-29(37,20-13-7-8-14-23(20)32(25)28)17-24-26(35)30-22(27(36)33(24)38)15-18-9-3-1-4-10-18/h1-14,21-22,24,28,31,37-38H,15-17H2,(H,30,35). The molecule has 3 heterocycles. The third-order valence-electron chi connectivity index (χ3n) is 7.77. The molecule has 0 aromatic heterocycles. The van der Waals surface area contributed by atoms with Gasteiger partial charge in [-0.2, -0.15) is 0 Å². The van der Waals surface area contributed by atoms with Gasteiger partial charge < -0.3 is 10.4 Å². The minimum absolute atomic E-state index is 0.168. The largest absolute Gasteiger partial charge is 0.381 e. The van der Waals surface area contributed by atoms with Crippen LogP contribution in [-0.2, 0) is 26.4 Å². The van der Waals surface area contributed by atoms with Crippen LogP contribution in [0.15, 0.2) is 84.9 Å². The smallest absolute Gasteiger partial charge is 0.269 e. The molecule has 2 saturated heterocycles. The molecule has 3 aliphatic heterocycles. The van der Waals surface area contributed by atoms with Gasteiger partial charge in [-0.25, -0.2) is 5.06 Å². The van der Waals surface area contributed by atoms with Crippen molar-refractivity contribution in [3.63, 3.8) is 0 Å². The van der Waals surface area contributed by atoms with E-state index in [1.165, 1.54) is 4.90 Å². The van der Waals surface area contributed by atoms with Crippen molar-refractivity contribution in [2.24, 2.45) is 0 Å². The number of benzene rings is 3. The number of rotatable bonds is 5. The first-order valence-corrected chi connectivity index (χ1v) is 12.7. The van der Waals surface area contributed by atoms with Gasteiger partial charge in [-0.05, 0) is 17.2 Å². The molecule has 0 aliphatic carbocycles. The van der Waals surface area contributed by atoms with Gasteiger partial charge >= 0.3 is 0 Å². The number of carbonyl (C=O) groups excluding carboxylic acids is 3. The summed E-state index contributed by atoms with van der Waals surface area (Å²) in [5.74, 6) is -1.39. The monoisotopic (exact) mass is 512 g/mol. The maximum absolute atomic E-state index is 13.4. The molecule has 6 rings (SSSR count). The van der Waals surface area contributed by atoms with Crippen LogP contribution in [0.2, 0.25) is 0 Å². The van der Waals surface area contributed by atoms with Gasteiger partial charge in [0.1, 0.15) is 23.9 Å². The second kappa shape index (κ2) is 9.36. The van der Waals surface area contributed by atoms with Crippen LogP contribution in [0.25, 0.3) is 0 Å². The maximum atomic E-state index is 13.4. The maximum Gasteiger partial charge on any atom is 0.269 e. The second-order valence-corrected chi connectivity index (χ2v) is 10.1. The SMILES string of the molecule is O=C1NC(Cc2ccccc2)C(=O)N(O)C1CC1(O)c2ccccc2N2C(=O)CC(c3ccccc3)NC21. The number of amides is 3. The highest BCUT2D eigenvalue weighted by molar-refractivity contribution is 5.99. The quantitative estimate of drug-likeness (QED) is 0.388. The van der Waals surface area contributed by atoms with Gasteiger partial charge in [-0.3, -0.25) is 29.8 Å². The van der Waals surface area contributed by atoms with E-state index in [-0.39, 0.29) is 31.2 Å². The number of aliphatic hydroxyl groups is 1. The van der Waals surface area contributed by atoms with E-state index in [4.69, 9.17) is 0 Å². The average Bonchev–Trinajstić information content (AvgIpc) is 3.19. The lowest BCUT2D eigenvalue weighted by atomic mass is 9.84. The minimum Gasteiger partial charge on any atom is -0.381 e. The Morgan fingerprint density at radius 1 is 0.895 bits per heavy atom. The fourth-order valence-electron chi connectivity index (χ4n) is 5.90. The Balaban J connectivity index is 1.30. The van der Waals surface area contributed by atoms with Crippen molar-refractivity contribution in [3.05, 3.63) is 102 Å². The fourth-order valence-corrected chi connectivity index (χ4v) is 5.90. The number of hydrogen-bond donors (Lipinski definition) is 4. The fraction of sp³-hybridized carbons (Fsp3) is 0.276. The Kier molecular flexibility index (Phi) is 5.98. The highest BCUT2D eigenvalue weighted by Crippen LogP contribution is 2.49. The van der Waals surface area contributed by atoms with Gasteiger partial charge in [0.15, 0.2) is 0 Å². The van der Waals surface area contributed by atoms with Gasteiger partial charge in [-0.1, -0.05) is 78.9 Å². The third-order valence-corrected chi connectivity index (χ3v) is 7.77. The van der Waals surface area contributed by atoms with E-state index >= 15 is 0 Å². The molecule has 5 unspecified atom stereocenters. The zero-order valence-electron chi connectivity index (χ0n) is 20.5. The molecule has 0 radical (unpaired) electrons. The molecule has 3 aromatic carbocycles. The van der Waals surface area contributed by atoms with Crippen LogP contribution in [0.5, 0.6) is 0 Å². The van der Waals surface area contributed by atoms with Crippen LogP contribution in [0.3, 0.4) is 0 Å². The zero-order valence-corrected chi connectivity index (χ0v) is 20.5. The molecule has 3 aliphatic rings. The minimum atomic E-state index is -1.75. The molecule has 0 saturated carbocycles. The van der Waals surface area contributed by atoms with Crippen molar-refractivity contribution in [2.45, 2.75) is 49.2 Å². The second-order valence-electron chi connectivity index (χ2n) is 10.1. The molecule has 3 amide bonds. The molecule has 0 spiro atoms. The van der Waals surface area contributed by atoms with Crippen molar-refractivity contribution in [2.75, 3.05) is 4.90 Å². The number of fused-ring (bicyclic) bond motifs is 3. The van der Waals surface area contributed by atoms with Crippen molar-refractivity contribution in [1.82, 2.24) is 15.7 Å². The van der Waals surface area contributed by atoms with Crippen LogP contribution in [-0.4, -0.2) is 51.3 Å². The predicted octanol–water partition coefficient (Wildman–Crippen LogP) is 2.00. The number of hydrogen-bond acceptors (Lipinski definition) is 6. The summed E-state index contributed by atoms with van der Waals surface area (Å²) < 4.78 is 0. The summed E-state index contributed by atoms with van der Waals surface area (Å²) in [5, 5.41) is 29.7. The normalized spacial score (nSPS) is 28.6. The predicted molar refractivity (Wildman–Crippen MR) is 138 cm³/mol. The van der Waals surface area contributed by atoms with E-state index in [2.05, 4.69) is 10.6 Å². The third kappa shape index (κ3) is 3.96. The summed E-state index contributed by atoms with van der Waals surface area (Å²) in [5.41, 5.74) is 0.985. The zero-order chi connectivity index (χ0) is 26.4. The first-order valence-electron chi connectivity index (χ1n) is 12.7.